The highest BCUT2D eigenvalue weighted by Crippen LogP contribution is 2.25. The van der Waals surface area contributed by atoms with Crippen molar-refractivity contribution < 1.29 is 10.0 Å². The van der Waals surface area contributed by atoms with Gasteiger partial charge in [-0.15, -0.1) is 0 Å². The summed E-state index contributed by atoms with van der Waals surface area (Å²) in [4.78, 5) is 10.5. The van der Waals surface area contributed by atoms with Crippen LogP contribution in [0.2, 0.25) is 0 Å². The van der Waals surface area contributed by atoms with E-state index in [2.05, 4.69) is 5.32 Å². The van der Waals surface area contributed by atoms with Gasteiger partial charge < -0.3 is 10.4 Å². The molecule has 2 aromatic rings. The first kappa shape index (κ1) is 14.3. The second-order valence-electron chi connectivity index (χ2n) is 4.44. The average molecular weight is 283 g/mol. The van der Waals surface area contributed by atoms with Gasteiger partial charge in [-0.1, -0.05) is 12.1 Å². The van der Waals surface area contributed by atoms with Crippen molar-refractivity contribution in [3.8, 4) is 11.8 Å². The van der Waals surface area contributed by atoms with Crippen molar-refractivity contribution in [2.75, 3.05) is 11.9 Å². The van der Waals surface area contributed by atoms with Gasteiger partial charge in [0.15, 0.2) is 0 Å². The molecule has 0 aliphatic carbocycles. The van der Waals surface area contributed by atoms with Gasteiger partial charge in [0.25, 0.3) is 5.69 Å². The number of nitriles is 1. The van der Waals surface area contributed by atoms with Crippen LogP contribution in [-0.2, 0) is 6.42 Å². The number of hydrogen-bond donors (Lipinski definition) is 2. The first-order valence-electron chi connectivity index (χ1n) is 6.30. The highest BCUT2D eigenvalue weighted by Gasteiger charge is 2.13. The van der Waals surface area contributed by atoms with Crippen LogP contribution in [0.4, 0.5) is 11.4 Å². The lowest BCUT2D eigenvalue weighted by Gasteiger charge is -2.07. The fraction of sp³-hybridized carbons (Fsp3) is 0.133. The second-order valence-corrected chi connectivity index (χ2v) is 4.44. The molecular weight excluding hydrogens is 270 g/mol. The predicted octanol–water partition coefficient (Wildman–Crippen LogP) is 2.83. The van der Waals surface area contributed by atoms with Gasteiger partial charge in [0.1, 0.15) is 11.4 Å². The zero-order valence-corrected chi connectivity index (χ0v) is 11.1. The van der Waals surface area contributed by atoms with E-state index in [0.717, 1.165) is 5.56 Å². The number of benzene rings is 2. The lowest BCUT2D eigenvalue weighted by Crippen LogP contribution is -2.07. The Morgan fingerprint density at radius 1 is 1.24 bits per heavy atom. The van der Waals surface area contributed by atoms with Gasteiger partial charge in [-0.3, -0.25) is 10.1 Å². The molecular formula is C15H13N3O3. The summed E-state index contributed by atoms with van der Waals surface area (Å²) in [5.74, 6) is 0.198. The van der Waals surface area contributed by atoms with Crippen LogP contribution in [0.25, 0.3) is 0 Å². The molecule has 6 nitrogen and oxygen atoms in total. The third-order valence-electron chi connectivity index (χ3n) is 2.99. The Bertz CT molecular complexity index is 690. The molecule has 0 atom stereocenters. The number of nitro benzene ring substituents is 1. The molecule has 0 aromatic heterocycles. The van der Waals surface area contributed by atoms with Gasteiger partial charge in [-0.05, 0) is 36.2 Å². The number of anilines is 1. The van der Waals surface area contributed by atoms with Crippen molar-refractivity contribution in [3.63, 3.8) is 0 Å². The van der Waals surface area contributed by atoms with Crippen molar-refractivity contribution in [2.45, 2.75) is 6.42 Å². The monoisotopic (exact) mass is 283 g/mol. The largest absolute Gasteiger partial charge is 0.508 e. The Morgan fingerprint density at radius 3 is 2.57 bits per heavy atom. The van der Waals surface area contributed by atoms with Crippen LogP contribution in [0, 0.1) is 21.4 Å². The molecule has 0 saturated heterocycles. The summed E-state index contributed by atoms with van der Waals surface area (Å²) in [6, 6.07) is 12.9. The molecule has 2 rings (SSSR count). The van der Waals surface area contributed by atoms with Crippen LogP contribution in [-0.4, -0.2) is 16.6 Å². The molecule has 106 valence electrons. The maximum Gasteiger partial charge on any atom is 0.292 e. The topological polar surface area (TPSA) is 99.2 Å². The minimum atomic E-state index is -0.482. The van der Waals surface area contributed by atoms with Gasteiger partial charge >= 0.3 is 0 Å². The van der Waals surface area contributed by atoms with Crippen LogP contribution in [0.1, 0.15) is 11.1 Å². The van der Waals surface area contributed by atoms with Gasteiger partial charge in [-0.2, -0.15) is 5.26 Å². The Kier molecular flexibility index (Phi) is 4.36. The normalized spacial score (nSPS) is 9.86. The van der Waals surface area contributed by atoms with Crippen LogP contribution >= 0.6 is 0 Å². The molecule has 2 N–H and O–H groups in total. The molecule has 21 heavy (non-hydrogen) atoms. The first-order chi connectivity index (χ1) is 10.1. The van der Waals surface area contributed by atoms with Crippen LogP contribution in [0.3, 0.4) is 0 Å². The van der Waals surface area contributed by atoms with Crippen LogP contribution in [0.5, 0.6) is 5.75 Å². The van der Waals surface area contributed by atoms with Crippen LogP contribution < -0.4 is 5.32 Å². The number of hydrogen-bond acceptors (Lipinski definition) is 5. The third kappa shape index (κ3) is 3.70. The number of phenolic OH excluding ortho intramolecular Hbond substituents is 1. The minimum Gasteiger partial charge on any atom is -0.508 e. The second kappa shape index (κ2) is 6.39. The standard InChI is InChI=1S/C15H13N3O3/c16-10-12-3-6-15(18(20)21)14(9-12)17-8-7-11-1-4-13(19)5-2-11/h1-6,9,17,19H,7-8H2. The fourth-order valence-electron chi connectivity index (χ4n) is 1.91. The number of aromatic hydroxyl groups is 1. The Balaban J connectivity index is 2.06. The van der Waals surface area contributed by atoms with Crippen molar-refractivity contribution in [1.29, 1.82) is 5.26 Å². The number of nitrogens with zero attached hydrogens (tertiary/aromatic N) is 2. The molecule has 0 fully saturated rings. The van der Waals surface area contributed by atoms with Crippen molar-refractivity contribution >= 4 is 11.4 Å². The lowest BCUT2D eigenvalue weighted by atomic mass is 10.1. The smallest absolute Gasteiger partial charge is 0.292 e. The van der Waals surface area contributed by atoms with E-state index in [0.29, 0.717) is 24.2 Å². The van der Waals surface area contributed by atoms with E-state index in [9.17, 15) is 15.2 Å². The van der Waals surface area contributed by atoms with Crippen molar-refractivity contribution in [1.82, 2.24) is 0 Å². The zero-order chi connectivity index (χ0) is 15.2. The summed E-state index contributed by atoms with van der Waals surface area (Å²) in [5.41, 5.74) is 1.64. The molecule has 0 unspecified atom stereocenters. The molecule has 0 aliphatic heterocycles. The van der Waals surface area contributed by atoms with Gasteiger partial charge in [0.2, 0.25) is 0 Å². The molecule has 0 aliphatic rings. The highest BCUT2D eigenvalue weighted by atomic mass is 16.6. The zero-order valence-electron chi connectivity index (χ0n) is 11.1. The third-order valence-corrected chi connectivity index (χ3v) is 2.99. The molecule has 0 spiro atoms. The number of phenols is 1. The Labute approximate surface area is 121 Å². The quantitative estimate of drug-likeness (QED) is 0.649. The summed E-state index contributed by atoms with van der Waals surface area (Å²) in [6.45, 7) is 0.487. The van der Waals surface area contributed by atoms with Gasteiger partial charge in [0.05, 0.1) is 16.6 Å². The van der Waals surface area contributed by atoms with E-state index in [1.165, 1.54) is 18.2 Å². The van der Waals surface area contributed by atoms with E-state index in [4.69, 9.17) is 5.26 Å². The van der Waals surface area contributed by atoms with E-state index in [1.807, 2.05) is 6.07 Å². The van der Waals surface area contributed by atoms with E-state index in [1.54, 1.807) is 24.3 Å². The maximum absolute atomic E-state index is 10.9. The molecule has 0 heterocycles. The Morgan fingerprint density at radius 2 is 1.95 bits per heavy atom. The van der Waals surface area contributed by atoms with E-state index >= 15 is 0 Å². The first-order valence-corrected chi connectivity index (χ1v) is 6.30. The summed E-state index contributed by atoms with van der Waals surface area (Å²) < 4.78 is 0. The summed E-state index contributed by atoms with van der Waals surface area (Å²) >= 11 is 0. The fourth-order valence-corrected chi connectivity index (χ4v) is 1.91. The summed E-state index contributed by atoms with van der Waals surface area (Å²) in [7, 11) is 0. The SMILES string of the molecule is N#Cc1ccc([N+](=O)[O-])c(NCCc2ccc(O)cc2)c1. The van der Waals surface area contributed by atoms with Crippen molar-refractivity contribution in [2.24, 2.45) is 0 Å². The molecule has 0 radical (unpaired) electrons. The highest BCUT2D eigenvalue weighted by molar-refractivity contribution is 5.64. The van der Waals surface area contributed by atoms with Gasteiger partial charge in [-0.25, -0.2) is 0 Å². The van der Waals surface area contributed by atoms with E-state index in [-0.39, 0.29) is 11.4 Å². The van der Waals surface area contributed by atoms with Crippen LogP contribution in [0.15, 0.2) is 42.5 Å². The lowest BCUT2D eigenvalue weighted by molar-refractivity contribution is -0.384. The average Bonchev–Trinajstić information content (AvgIpc) is 2.49. The molecule has 0 amide bonds. The number of nitrogens with one attached hydrogen (secondary N) is 1. The Hall–Kier alpha value is -3.07. The maximum atomic E-state index is 10.9. The predicted molar refractivity (Wildman–Crippen MR) is 78.1 cm³/mol. The summed E-state index contributed by atoms with van der Waals surface area (Å²) in [5, 5.41) is 32.0. The molecule has 2 aromatic carbocycles. The minimum absolute atomic E-state index is 0.0558. The molecule has 6 heteroatoms. The number of nitro groups is 1. The van der Waals surface area contributed by atoms with E-state index < -0.39 is 4.92 Å². The molecule has 0 saturated carbocycles. The number of rotatable bonds is 5. The molecule has 0 bridgehead atoms. The van der Waals surface area contributed by atoms with Gasteiger partial charge in [0, 0.05) is 12.6 Å². The summed E-state index contributed by atoms with van der Waals surface area (Å²) in [6.07, 6.45) is 0.647. The van der Waals surface area contributed by atoms with Crippen molar-refractivity contribution in [3.05, 3.63) is 63.7 Å².